The van der Waals surface area contributed by atoms with Crippen molar-refractivity contribution in [2.24, 2.45) is 0 Å². The van der Waals surface area contributed by atoms with Crippen molar-refractivity contribution in [2.45, 2.75) is 6.10 Å². The highest BCUT2D eigenvalue weighted by Gasteiger charge is 2.21. The number of nitrogens with zero attached hydrogens (tertiary/aromatic N) is 1. The van der Waals surface area contributed by atoms with E-state index in [-0.39, 0.29) is 12.7 Å². The zero-order chi connectivity index (χ0) is 11.5. The Balaban J connectivity index is 2.19. The van der Waals surface area contributed by atoms with Crippen molar-refractivity contribution in [3.8, 4) is 0 Å². The molecular formula is C11H13Cl2NO2. The molecule has 16 heavy (non-hydrogen) atoms. The number of aliphatic hydroxyl groups excluding tert-OH is 1. The molecular weight excluding hydrogens is 249 g/mol. The molecule has 3 nitrogen and oxygen atoms in total. The third-order valence-electron chi connectivity index (χ3n) is 2.59. The molecule has 1 aromatic carbocycles. The summed E-state index contributed by atoms with van der Waals surface area (Å²) in [5.41, 5.74) is 0.899. The minimum atomic E-state index is -0.149. The van der Waals surface area contributed by atoms with E-state index in [4.69, 9.17) is 33.0 Å². The third-order valence-corrected chi connectivity index (χ3v) is 3.15. The number of hydrogen-bond acceptors (Lipinski definition) is 3. The standard InChI is InChI=1S/C11H13Cl2NO2/c12-8-1-2-10(13)11(5-8)14-3-4-16-9(6-14)7-15/h1-2,5,9,15H,3-4,6-7H2. The molecule has 1 unspecified atom stereocenters. The molecule has 0 saturated carbocycles. The van der Waals surface area contributed by atoms with Gasteiger partial charge in [0.15, 0.2) is 0 Å². The van der Waals surface area contributed by atoms with Gasteiger partial charge in [-0.3, -0.25) is 0 Å². The van der Waals surface area contributed by atoms with Gasteiger partial charge in [0.25, 0.3) is 0 Å². The topological polar surface area (TPSA) is 32.7 Å². The predicted molar refractivity (Wildman–Crippen MR) is 65.5 cm³/mol. The molecule has 88 valence electrons. The molecule has 5 heteroatoms. The summed E-state index contributed by atoms with van der Waals surface area (Å²) in [7, 11) is 0. The van der Waals surface area contributed by atoms with E-state index >= 15 is 0 Å². The number of aliphatic hydroxyl groups is 1. The Kier molecular flexibility index (Phi) is 3.92. The van der Waals surface area contributed by atoms with Crippen LogP contribution in [0.3, 0.4) is 0 Å². The van der Waals surface area contributed by atoms with Gasteiger partial charge in [-0.2, -0.15) is 0 Å². The number of halogens is 2. The van der Waals surface area contributed by atoms with Gasteiger partial charge in [-0.25, -0.2) is 0 Å². The van der Waals surface area contributed by atoms with Gasteiger partial charge in [0.05, 0.1) is 30.0 Å². The van der Waals surface area contributed by atoms with Crippen molar-refractivity contribution in [1.29, 1.82) is 0 Å². The SMILES string of the molecule is OCC1CN(c2cc(Cl)ccc2Cl)CCO1. The van der Waals surface area contributed by atoms with E-state index in [0.717, 1.165) is 12.2 Å². The van der Waals surface area contributed by atoms with E-state index in [0.29, 0.717) is 23.2 Å². The molecule has 0 aliphatic carbocycles. The van der Waals surface area contributed by atoms with Crippen molar-refractivity contribution in [1.82, 2.24) is 0 Å². The highest BCUT2D eigenvalue weighted by atomic mass is 35.5. The van der Waals surface area contributed by atoms with Gasteiger partial charge in [-0.05, 0) is 18.2 Å². The van der Waals surface area contributed by atoms with Gasteiger partial charge in [0, 0.05) is 18.1 Å². The van der Waals surface area contributed by atoms with E-state index in [2.05, 4.69) is 4.90 Å². The first kappa shape index (κ1) is 12.0. The van der Waals surface area contributed by atoms with Crippen LogP contribution in [0, 0.1) is 0 Å². The maximum Gasteiger partial charge on any atom is 0.0980 e. The first-order valence-electron chi connectivity index (χ1n) is 5.13. The summed E-state index contributed by atoms with van der Waals surface area (Å²) in [5.74, 6) is 0. The molecule has 1 aliphatic heterocycles. The second-order valence-corrected chi connectivity index (χ2v) is 4.56. The molecule has 1 saturated heterocycles. The number of rotatable bonds is 2. The lowest BCUT2D eigenvalue weighted by Crippen LogP contribution is -2.44. The number of morpholine rings is 1. The van der Waals surface area contributed by atoms with Gasteiger partial charge in [-0.1, -0.05) is 23.2 Å². The average Bonchev–Trinajstić information content (AvgIpc) is 2.32. The fraction of sp³-hybridized carbons (Fsp3) is 0.455. The molecule has 1 aromatic rings. The van der Waals surface area contributed by atoms with Crippen LogP contribution in [0.25, 0.3) is 0 Å². The summed E-state index contributed by atoms with van der Waals surface area (Å²) in [6, 6.07) is 5.38. The number of benzene rings is 1. The summed E-state index contributed by atoms with van der Waals surface area (Å²) in [5, 5.41) is 10.4. The van der Waals surface area contributed by atoms with Crippen molar-refractivity contribution < 1.29 is 9.84 Å². The highest BCUT2D eigenvalue weighted by Crippen LogP contribution is 2.30. The molecule has 1 aliphatic rings. The Morgan fingerprint density at radius 2 is 2.25 bits per heavy atom. The van der Waals surface area contributed by atoms with Gasteiger partial charge in [-0.15, -0.1) is 0 Å². The second-order valence-electron chi connectivity index (χ2n) is 3.72. The lowest BCUT2D eigenvalue weighted by molar-refractivity contribution is 0.00357. The lowest BCUT2D eigenvalue weighted by atomic mass is 10.2. The van der Waals surface area contributed by atoms with Crippen molar-refractivity contribution in [3.63, 3.8) is 0 Å². The monoisotopic (exact) mass is 261 g/mol. The normalized spacial score (nSPS) is 21.2. The van der Waals surface area contributed by atoms with Gasteiger partial charge in [0.1, 0.15) is 0 Å². The van der Waals surface area contributed by atoms with Crippen molar-refractivity contribution >= 4 is 28.9 Å². The first-order chi connectivity index (χ1) is 7.70. The Bertz CT molecular complexity index is 373. The zero-order valence-electron chi connectivity index (χ0n) is 8.70. The second kappa shape index (κ2) is 5.23. The van der Waals surface area contributed by atoms with Crippen LogP contribution in [0.15, 0.2) is 18.2 Å². The molecule has 0 aromatic heterocycles. The van der Waals surface area contributed by atoms with E-state index in [1.807, 2.05) is 6.07 Å². The van der Waals surface area contributed by atoms with Crippen LogP contribution in [-0.2, 0) is 4.74 Å². The summed E-state index contributed by atoms with van der Waals surface area (Å²) in [4.78, 5) is 2.08. The van der Waals surface area contributed by atoms with Gasteiger partial charge >= 0.3 is 0 Å². The van der Waals surface area contributed by atoms with Crippen molar-refractivity contribution in [2.75, 3.05) is 31.2 Å². The summed E-state index contributed by atoms with van der Waals surface area (Å²) in [6.07, 6.45) is -0.149. The molecule has 1 atom stereocenters. The maximum atomic E-state index is 9.07. The number of anilines is 1. The summed E-state index contributed by atoms with van der Waals surface area (Å²) in [6.45, 7) is 2.01. The van der Waals surface area contributed by atoms with Gasteiger partial charge in [0.2, 0.25) is 0 Å². The predicted octanol–water partition coefficient (Wildman–Crippen LogP) is 2.19. The Hall–Kier alpha value is -0.480. The van der Waals surface area contributed by atoms with E-state index < -0.39 is 0 Å². The molecule has 0 radical (unpaired) electrons. The van der Waals surface area contributed by atoms with Crippen LogP contribution < -0.4 is 4.90 Å². The molecule has 0 amide bonds. The molecule has 1 heterocycles. The van der Waals surface area contributed by atoms with Gasteiger partial charge < -0.3 is 14.7 Å². The maximum absolute atomic E-state index is 9.07. The Labute approximate surface area is 105 Å². The Morgan fingerprint density at radius 3 is 3.00 bits per heavy atom. The largest absolute Gasteiger partial charge is 0.394 e. The number of hydrogen-bond donors (Lipinski definition) is 1. The quantitative estimate of drug-likeness (QED) is 0.886. The lowest BCUT2D eigenvalue weighted by Gasteiger charge is -2.34. The molecule has 0 spiro atoms. The number of ether oxygens (including phenoxy) is 1. The summed E-state index contributed by atoms with van der Waals surface area (Å²) < 4.78 is 5.38. The van der Waals surface area contributed by atoms with Crippen LogP contribution in [0.4, 0.5) is 5.69 Å². The highest BCUT2D eigenvalue weighted by molar-refractivity contribution is 6.35. The third kappa shape index (κ3) is 2.61. The molecule has 1 fully saturated rings. The minimum absolute atomic E-state index is 0.0225. The average molecular weight is 262 g/mol. The minimum Gasteiger partial charge on any atom is -0.394 e. The fourth-order valence-electron chi connectivity index (χ4n) is 1.78. The van der Waals surface area contributed by atoms with Crippen LogP contribution in [0.5, 0.6) is 0 Å². The van der Waals surface area contributed by atoms with Crippen LogP contribution in [-0.4, -0.2) is 37.5 Å². The van der Waals surface area contributed by atoms with E-state index in [9.17, 15) is 0 Å². The first-order valence-corrected chi connectivity index (χ1v) is 5.89. The van der Waals surface area contributed by atoms with Crippen molar-refractivity contribution in [3.05, 3.63) is 28.2 Å². The molecule has 2 rings (SSSR count). The molecule has 1 N–H and O–H groups in total. The fourth-order valence-corrected chi connectivity index (χ4v) is 2.18. The van der Waals surface area contributed by atoms with Crippen LogP contribution in [0.1, 0.15) is 0 Å². The zero-order valence-corrected chi connectivity index (χ0v) is 10.2. The van der Waals surface area contributed by atoms with Crippen LogP contribution in [0.2, 0.25) is 10.0 Å². The van der Waals surface area contributed by atoms with E-state index in [1.54, 1.807) is 12.1 Å². The smallest absolute Gasteiger partial charge is 0.0980 e. The van der Waals surface area contributed by atoms with E-state index in [1.165, 1.54) is 0 Å². The molecule has 0 bridgehead atoms. The summed E-state index contributed by atoms with van der Waals surface area (Å²) >= 11 is 12.1. The van der Waals surface area contributed by atoms with Crippen LogP contribution >= 0.6 is 23.2 Å². The Morgan fingerprint density at radius 1 is 1.44 bits per heavy atom.